The molecule has 1 aromatic carbocycles. The molecule has 14 heavy (non-hydrogen) atoms. The number of aliphatic hydroxyl groups is 1. The number of fused-ring (bicyclic) bond motifs is 4. The third-order valence-corrected chi connectivity index (χ3v) is 3.93. The Morgan fingerprint density at radius 3 is 2.93 bits per heavy atom. The summed E-state index contributed by atoms with van der Waals surface area (Å²) in [5.41, 5.74) is 2.14. The normalized spacial score (nSPS) is 35.1. The molecule has 0 spiro atoms. The molecular weight excluding hydrogens is 172 g/mol. The number of hydrogen-bond acceptors (Lipinski definition) is 1. The van der Waals surface area contributed by atoms with Gasteiger partial charge in [-0.25, -0.2) is 0 Å². The average molecular weight is 188 g/mol. The van der Waals surface area contributed by atoms with Crippen LogP contribution in [0.1, 0.15) is 49.1 Å². The highest BCUT2D eigenvalue weighted by atomic mass is 16.3. The van der Waals surface area contributed by atoms with Crippen molar-refractivity contribution in [1.29, 1.82) is 0 Å². The van der Waals surface area contributed by atoms with Crippen molar-refractivity contribution < 1.29 is 5.11 Å². The molecule has 1 heteroatoms. The van der Waals surface area contributed by atoms with Crippen molar-refractivity contribution in [2.45, 2.75) is 43.6 Å². The third-order valence-electron chi connectivity index (χ3n) is 3.93. The van der Waals surface area contributed by atoms with Crippen LogP contribution < -0.4 is 0 Å². The van der Waals surface area contributed by atoms with E-state index in [2.05, 4.69) is 18.2 Å². The minimum atomic E-state index is -0.465. The summed E-state index contributed by atoms with van der Waals surface area (Å²) >= 11 is 0. The fourth-order valence-corrected chi connectivity index (χ4v) is 3.19. The van der Waals surface area contributed by atoms with Crippen LogP contribution in [0.25, 0.3) is 0 Å². The summed E-state index contributed by atoms with van der Waals surface area (Å²) in [5, 5.41) is 10.6. The molecule has 0 aliphatic heterocycles. The molecule has 0 heterocycles. The van der Waals surface area contributed by atoms with Gasteiger partial charge in [0.1, 0.15) is 0 Å². The van der Waals surface area contributed by atoms with Crippen molar-refractivity contribution >= 4 is 0 Å². The van der Waals surface area contributed by atoms with E-state index in [9.17, 15) is 5.11 Å². The van der Waals surface area contributed by atoms with E-state index in [1.165, 1.54) is 36.8 Å². The molecule has 74 valence electrons. The van der Waals surface area contributed by atoms with Crippen molar-refractivity contribution in [3.05, 3.63) is 35.4 Å². The molecule has 0 aromatic heterocycles. The molecule has 0 amide bonds. The summed E-state index contributed by atoms with van der Waals surface area (Å²) in [5.74, 6) is 0.432. The van der Waals surface area contributed by atoms with E-state index in [1.54, 1.807) is 0 Å². The van der Waals surface area contributed by atoms with Gasteiger partial charge in [0.15, 0.2) is 0 Å². The number of hydrogen-bond donors (Lipinski definition) is 1. The highest BCUT2D eigenvalue weighted by Crippen LogP contribution is 2.56. The zero-order chi connectivity index (χ0) is 9.60. The maximum absolute atomic E-state index is 10.6. The maximum atomic E-state index is 10.6. The van der Waals surface area contributed by atoms with E-state index < -0.39 is 5.60 Å². The first kappa shape index (κ1) is 8.49. The largest absolute Gasteiger partial charge is 0.385 e. The molecule has 2 aliphatic rings. The SMILES string of the molecule is O[C@]12CCCCC[C@H]1c1ccccc12. The smallest absolute Gasteiger partial charge is 0.0967 e. The van der Waals surface area contributed by atoms with E-state index in [4.69, 9.17) is 0 Å². The van der Waals surface area contributed by atoms with E-state index in [-0.39, 0.29) is 0 Å². The lowest BCUT2D eigenvalue weighted by Crippen LogP contribution is -2.42. The molecule has 1 saturated carbocycles. The van der Waals surface area contributed by atoms with Crippen LogP contribution in [-0.4, -0.2) is 5.11 Å². The Kier molecular flexibility index (Phi) is 1.72. The lowest BCUT2D eigenvalue weighted by molar-refractivity contribution is -0.0270. The second kappa shape index (κ2) is 2.83. The predicted octanol–water partition coefficient (Wildman–Crippen LogP) is 2.94. The summed E-state index contributed by atoms with van der Waals surface area (Å²) in [4.78, 5) is 0. The molecule has 1 N–H and O–H groups in total. The van der Waals surface area contributed by atoms with E-state index in [0.717, 1.165) is 6.42 Å². The zero-order valence-corrected chi connectivity index (χ0v) is 8.37. The van der Waals surface area contributed by atoms with Crippen LogP contribution in [-0.2, 0) is 5.60 Å². The Bertz CT molecular complexity index is 358. The second-order valence-corrected chi connectivity index (χ2v) is 4.66. The van der Waals surface area contributed by atoms with E-state index >= 15 is 0 Å². The molecule has 1 nitrogen and oxygen atoms in total. The highest BCUT2D eigenvalue weighted by Gasteiger charge is 2.49. The summed E-state index contributed by atoms with van der Waals surface area (Å²) < 4.78 is 0. The van der Waals surface area contributed by atoms with Gasteiger partial charge in [-0.15, -0.1) is 0 Å². The van der Waals surface area contributed by atoms with Crippen LogP contribution >= 0.6 is 0 Å². The first-order chi connectivity index (χ1) is 6.82. The molecule has 1 fully saturated rings. The lowest BCUT2D eigenvalue weighted by Gasteiger charge is -2.47. The van der Waals surface area contributed by atoms with Crippen LogP contribution in [0, 0.1) is 0 Å². The van der Waals surface area contributed by atoms with Crippen LogP contribution in [0.4, 0.5) is 0 Å². The molecule has 0 bridgehead atoms. The van der Waals surface area contributed by atoms with Crippen molar-refractivity contribution in [2.24, 2.45) is 0 Å². The van der Waals surface area contributed by atoms with E-state index in [1.807, 2.05) is 6.07 Å². The van der Waals surface area contributed by atoms with E-state index in [0.29, 0.717) is 5.92 Å². The van der Waals surface area contributed by atoms with Gasteiger partial charge in [0, 0.05) is 5.92 Å². The number of benzene rings is 1. The van der Waals surface area contributed by atoms with Crippen molar-refractivity contribution in [3.8, 4) is 0 Å². The van der Waals surface area contributed by atoms with Crippen molar-refractivity contribution in [3.63, 3.8) is 0 Å². The first-order valence-electron chi connectivity index (χ1n) is 5.64. The van der Waals surface area contributed by atoms with Gasteiger partial charge in [0.05, 0.1) is 5.60 Å². The Morgan fingerprint density at radius 2 is 2.00 bits per heavy atom. The van der Waals surface area contributed by atoms with Gasteiger partial charge < -0.3 is 5.11 Å². The molecule has 1 aromatic rings. The van der Waals surface area contributed by atoms with Crippen molar-refractivity contribution in [1.82, 2.24) is 0 Å². The molecular formula is C13H16O. The zero-order valence-electron chi connectivity index (χ0n) is 8.37. The predicted molar refractivity (Wildman–Crippen MR) is 56.2 cm³/mol. The fourth-order valence-electron chi connectivity index (χ4n) is 3.19. The van der Waals surface area contributed by atoms with Crippen LogP contribution in [0.5, 0.6) is 0 Å². The van der Waals surface area contributed by atoms with Crippen LogP contribution in [0.2, 0.25) is 0 Å². The summed E-state index contributed by atoms with van der Waals surface area (Å²) in [6.07, 6.45) is 5.89. The van der Waals surface area contributed by atoms with Crippen LogP contribution in [0.15, 0.2) is 24.3 Å². The number of rotatable bonds is 0. The van der Waals surface area contributed by atoms with Gasteiger partial charge in [0.2, 0.25) is 0 Å². The molecule has 0 unspecified atom stereocenters. The molecule has 2 atom stereocenters. The average Bonchev–Trinajstić information content (AvgIpc) is 2.37. The lowest BCUT2D eigenvalue weighted by atomic mass is 9.62. The maximum Gasteiger partial charge on any atom is 0.0967 e. The van der Waals surface area contributed by atoms with Gasteiger partial charge in [-0.3, -0.25) is 0 Å². The van der Waals surface area contributed by atoms with Gasteiger partial charge >= 0.3 is 0 Å². The fraction of sp³-hybridized carbons (Fsp3) is 0.538. The minimum Gasteiger partial charge on any atom is -0.385 e. The Hall–Kier alpha value is -0.820. The first-order valence-corrected chi connectivity index (χ1v) is 5.64. The Labute approximate surface area is 84.8 Å². The summed E-state index contributed by atoms with van der Waals surface area (Å²) in [6, 6.07) is 8.40. The van der Waals surface area contributed by atoms with Gasteiger partial charge in [-0.1, -0.05) is 43.5 Å². The van der Waals surface area contributed by atoms with Crippen molar-refractivity contribution in [2.75, 3.05) is 0 Å². The van der Waals surface area contributed by atoms with Gasteiger partial charge in [-0.05, 0) is 24.0 Å². The van der Waals surface area contributed by atoms with Gasteiger partial charge in [0.25, 0.3) is 0 Å². The summed E-state index contributed by atoms with van der Waals surface area (Å²) in [7, 11) is 0. The second-order valence-electron chi connectivity index (χ2n) is 4.66. The Morgan fingerprint density at radius 1 is 1.14 bits per heavy atom. The highest BCUT2D eigenvalue weighted by molar-refractivity contribution is 5.47. The Balaban J connectivity index is 2.06. The van der Waals surface area contributed by atoms with Crippen LogP contribution in [0.3, 0.4) is 0 Å². The monoisotopic (exact) mass is 188 g/mol. The third kappa shape index (κ3) is 0.936. The molecule has 0 radical (unpaired) electrons. The quantitative estimate of drug-likeness (QED) is 0.663. The standard InChI is InChI=1S/C13H16O/c14-13-9-5-1-2-7-11(13)10-6-3-4-8-12(10)13/h3-4,6,8,11,14H,1-2,5,7,9H2/t11-,13+/m0/s1. The molecule has 2 aliphatic carbocycles. The van der Waals surface area contributed by atoms with Gasteiger partial charge in [-0.2, -0.15) is 0 Å². The topological polar surface area (TPSA) is 20.2 Å². The molecule has 0 saturated heterocycles. The minimum absolute atomic E-state index is 0.432. The summed E-state index contributed by atoms with van der Waals surface area (Å²) in [6.45, 7) is 0. The molecule has 3 rings (SSSR count).